The lowest BCUT2D eigenvalue weighted by atomic mass is 10.1. The van der Waals surface area contributed by atoms with Crippen molar-refractivity contribution in [3.8, 4) is 5.69 Å². The Bertz CT molecular complexity index is 1030. The highest BCUT2D eigenvalue weighted by molar-refractivity contribution is 5.90. The van der Waals surface area contributed by atoms with Gasteiger partial charge in [0, 0.05) is 18.8 Å². The summed E-state index contributed by atoms with van der Waals surface area (Å²) < 4.78 is 23.0. The van der Waals surface area contributed by atoms with Crippen LogP contribution in [-0.2, 0) is 16.1 Å². The topological polar surface area (TPSA) is 95.1 Å². The van der Waals surface area contributed by atoms with Crippen LogP contribution in [0.2, 0.25) is 0 Å². The minimum Gasteiger partial charge on any atom is -0.444 e. The minimum absolute atomic E-state index is 0.0367. The third-order valence-electron chi connectivity index (χ3n) is 4.61. The number of carbonyl (C=O) groups excluding carboxylic acids is 2. The van der Waals surface area contributed by atoms with Crippen molar-refractivity contribution in [2.45, 2.75) is 32.4 Å². The van der Waals surface area contributed by atoms with Gasteiger partial charge in [-0.3, -0.25) is 9.58 Å². The van der Waals surface area contributed by atoms with Gasteiger partial charge in [0.15, 0.2) is 5.82 Å². The van der Waals surface area contributed by atoms with E-state index in [-0.39, 0.29) is 24.1 Å². The van der Waals surface area contributed by atoms with Gasteiger partial charge in [-0.15, -0.1) is 5.10 Å². The molecule has 4 rings (SSSR count). The molecule has 1 aromatic carbocycles. The Labute approximate surface area is 165 Å². The number of carbonyl (C=O) groups is 2. The number of amides is 1. The van der Waals surface area contributed by atoms with Crippen molar-refractivity contribution in [2.24, 2.45) is 0 Å². The Kier molecular flexibility index (Phi) is 5.07. The number of ether oxygens (including phenoxy) is 1. The van der Waals surface area contributed by atoms with E-state index < -0.39 is 11.9 Å². The van der Waals surface area contributed by atoms with Crippen molar-refractivity contribution < 1.29 is 18.7 Å². The van der Waals surface area contributed by atoms with Gasteiger partial charge in [0.2, 0.25) is 0 Å². The van der Waals surface area contributed by atoms with Crippen LogP contribution in [0.3, 0.4) is 0 Å². The number of nitrogens with zero attached hydrogens (tertiary/aromatic N) is 6. The van der Waals surface area contributed by atoms with Gasteiger partial charge in [0.05, 0.1) is 25.0 Å². The zero-order valence-electron chi connectivity index (χ0n) is 15.7. The number of halogens is 1. The molecule has 3 aromatic rings. The fraction of sp³-hybridized carbons (Fsp3) is 0.316. The number of hydrogen-bond acceptors (Lipinski definition) is 6. The van der Waals surface area contributed by atoms with E-state index in [0.29, 0.717) is 30.8 Å². The molecule has 0 radical (unpaired) electrons. The average Bonchev–Trinajstić information content (AvgIpc) is 3.42. The molecule has 1 fully saturated rings. The van der Waals surface area contributed by atoms with E-state index in [1.807, 2.05) is 0 Å². The summed E-state index contributed by atoms with van der Waals surface area (Å²) in [5.74, 6) is -0.507. The summed E-state index contributed by atoms with van der Waals surface area (Å²) in [4.78, 5) is 24.6. The fourth-order valence-electron chi connectivity index (χ4n) is 3.14. The first-order chi connectivity index (χ1) is 14.0. The molecule has 0 saturated carbocycles. The smallest absolute Gasteiger partial charge is 0.414 e. The van der Waals surface area contributed by atoms with E-state index in [4.69, 9.17) is 4.74 Å². The van der Waals surface area contributed by atoms with Gasteiger partial charge in [-0.05, 0) is 37.6 Å². The molecule has 1 amide bonds. The van der Waals surface area contributed by atoms with Crippen LogP contribution in [0.4, 0.5) is 14.9 Å². The Hall–Kier alpha value is -3.56. The van der Waals surface area contributed by atoms with Gasteiger partial charge < -0.3 is 9.53 Å². The molecule has 1 aliphatic heterocycles. The fourth-order valence-corrected chi connectivity index (χ4v) is 3.14. The third-order valence-corrected chi connectivity index (χ3v) is 4.61. The number of ketones is 1. The molecule has 0 unspecified atom stereocenters. The highest BCUT2D eigenvalue weighted by Crippen LogP contribution is 2.26. The number of cyclic esters (lactones) is 1. The van der Waals surface area contributed by atoms with Crippen molar-refractivity contribution in [3.05, 3.63) is 54.4 Å². The van der Waals surface area contributed by atoms with E-state index in [9.17, 15) is 14.0 Å². The van der Waals surface area contributed by atoms with Crippen molar-refractivity contribution >= 4 is 17.6 Å². The predicted octanol–water partition coefficient (Wildman–Crippen LogP) is 2.35. The van der Waals surface area contributed by atoms with E-state index in [1.165, 1.54) is 28.6 Å². The number of Topliss-reactive ketones (excluding diaryl/α,β-unsaturated/α-hetero) is 1. The summed E-state index contributed by atoms with van der Waals surface area (Å²) in [5, 5.41) is 12.1. The summed E-state index contributed by atoms with van der Waals surface area (Å²) in [7, 11) is 0. The molecular formula is C19H19FN6O3. The Morgan fingerprint density at radius 3 is 2.97 bits per heavy atom. The monoisotopic (exact) mass is 398 g/mol. The normalized spacial score (nSPS) is 16.3. The standard InChI is InChI=1S/C19H19FN6O3/c1-13(27)3-5-16-12-25(19(28)29-16)15-4-6-18(17(20)9-15)26-11-14(22-23-26)10-24-8-2-7-21-24/h2,4,6-9,11,16H,3,5,10,12H2,1H3/t16-/m0/s1. The van der Waals surface area contributed by atoms with Crippen molar-refractivity contribution in [3.63, 3.8) is 0 Å². The van der Waals surface area contributed by atoms with E-state index in [2.05, 4.69) is 15.4 Å². The summed E-state index contributed by atoms with van der Waals surface area (Å²) >= 11 is 0. The number of rotatable bonds is 7. The maximum absolute atomic E-state index is 14.7. The quantitative estimate of drug-likeness (QED) is 0.606. The second kappa shape index (κ2) is 7.82. The van der Waals surface area contributed by atoms with Gasteiger partial charge in [-0.2, -0.15) is 5.10 Å². The molecule has 1 aliphatic rings. The van der Waals surface area contributed by atoms with Crippen molar-refractivity contribution in [1.82, 2.24) is 24.8 Å². The zero-order chi connectivity index (χ0) is 20.4. The predicted molar refractivity (Wildman–Crippen MR) is 100 cm³/mol. The van der Waals surface area contributed by atoms with E-state index in [0.717, 1.165) is 0 Å². The van der Waals surface area contributed by atoms with Crippen LogP contribution in [-0.4, -0.2) is 49.3 Å². The number of aromatic nitrogens is 5. The van der Waals surface area contributed by atoms with Crippen LogP contribution in [0.1, 0.15) is 25.5 Å². The highest BCUT2D eigenvalue weighted by atomic mass is 19.1. The molecule has 3 heterocycles. The molecule has 0 N–H and O–H groups in total. The molecule has 0 bridgehead atoms. The van der Waals surface area contributed by atoms with Crippen LogP contribution in [0.5, 0.6) is 0 Å². The van der Waals surface area contributed by atoms with Crippen molar-refractivity contribution in [2.75, 3.05) is 11.4 Å². The second-order valence-corrected chi connectivity index (χ2v) is 6.85. The summed E-state index contributed by atoms with van der Waals surface area (Å²) in [6.07, 6.45) is 4.95. The average molecular weight is 398 g/mol. The Morgan fingerprint density at radius 1 is 1.38 bits per heavy atom. The molecule has 1 saturated heterocycles. The summed E-state index contributed by atoms with van der Waals surface area (Å²) in [5.41, 5.74) is 1.24. The molecule has 0 aliphatic carbocycles. The zero-order valence-corrected chi connectivity index (χ0v) is 15.7. The molecule has 150 valence electrons. The summed E-state index contributed by atoms with van der Waals surface area (Å²) in [6.45, 7) is 2.20. The summed E-state index contributed by atoms with van der Waals surface area (Å²) in [6, 6.07) is 6.23. The number of anilines is 1. The van der Waals surface area contributed by atoms with Crippen LogP contribution in [0.15, 0.2) is 42.9 Å². The molecule has 29 heavy (non-hydrogen) atoms. The lowest BCUT2D eigenvalue weighted by Gasteiger charge is -2.14. The van der Waals surface area contributed by atoms with E-state index >= 15 is 0 Å². The van der Waals surface area contributed by atoms with Gasteiger partial charge in [0.1, 0.15) is 23.3 Å². The van der Waals surface area contributed by atoms with Crippen LogP contribution in [0, 0.1) is 5.82 Å². The molecule has 9 nitrogen and oxygen atoms in total. The van der Waals surface area contributed by atoms with E-state index in [1.54, 1.807) is 35.4 Å². The third kappa shape index (κ3) is 4.15. The molecule has 2 aromatic heterocycles. The van der Waals surface area contributed by atoms with Gasteiger partial charge >= 0.3 is 6.09 Å². The van der Waals surface area contributed by atoms with Crippen LogP contribution in [0.25, 0.3) is 5.69 Å². The second-order valence-electron chi connectivity index (χ2n) is 6.85. The lowest BCUT2D eigenvalue weighted by molar-refractivity contribution is -0.117. The van der Waals surface area contributed by atoms with Gasteiger partial charge in [-0.25, -0.2) is 13.9 Å². The maximum Gasteiger partial charge on any atom is 0.414 e. The largest absolute Gasteiger partial charge is 0.444 e. The van der Waals surface area contributed by atoms with Crippen LogP contribution < -0.4 is 4.90 Å². The first kappa shape index (κ1) is 18.8. The molecule has 1 atom stereocenters. The van der Waals surface area contributed by atoms with Gasteiger partial charge in [-0.1, -0.05) is 5.21 Å². The Balaban J connectivity index is 1.48. The molecular weight excluding hydrogens is 379 g/mol. The maximum atomic E-state index is 14.7. The van der Waals surface area contributed by atoms with Crippen molar-refractivity contribution in [1.29, 1.82) is 0 Å². The Morgan fingerprint density at radius 2 is 2.24 bits per heavy atom. The molecule has 0 spiro atoms. The number of hydrogen-bond donors (Lipinski definition) is 0. The first-order valence-electron chi connectivity index (χ1n) is 9.16. The SMILES string of the molecule is CC(=O)CC[C@H]1CN(c2ccc(-n3cc(Cn4cccn4)nn3)c(F)c2)C(=O)O1. The first-order valence-corrected chi connectivity index (χ1v) is 9.16. The minimum atomic E-state index is -0.548. The highest BCUT2D eigenvalue weighted by Gasteiger charge is 2.32. The molecule has 10 heteroatoms. The van der Waals surface area contributed by atoms with Crippen LogP contribution >= 0.6 is 0 Å². The van der Waals surface area contributed by atoms with Gasteiger partial charge in [0.25, 0.3) is 0 Å². The lowest BCUT2D eigenvalue weighted by Crippen LogP contribution is -2.24. The number of benzene rings is 1.